The Morgan fingerprint density at radius 1 is 1.14 bits per heavy atom. The van der Waals surface area contributed by atoms with E-state index in [0.29, 0.717) is 5.92 Å². The van der Waals surface area contributed by atoms with Crippen molar-refractivity contribution in [2.24, 2.45) is 0 Å². The van der Waals surface area contributed by atoms with Crippen LogP contribution in [0.5, 0.6) is 0 Å². The van der Waals surface area contributed by atoms with Crippen LogP contribution in [-0.4, -0.2) is 47.4 Å². The predicted molar refractivity (Wildman–Crippen MR) is 87.2 cm³/mol. The lowest BCUT2D eigenvalue weighted by atomic mass is 9.92. The Labute approximate surface area is 130 Å². The molecule has 2 aromatic rings. The second-order valence-corrected chi connectivity index (χ2v) is 6.37. The molecule has 1 atom stereocenters. The zero-order valence-electron chi connectivity index (χ0n) is 12.7. The van der Waals surface area contributed by atoms with Crippen molar-refractivity contribution >= 4 is 16.6 Å². The fourth-order valence-electron chi connectivity index (χ4n) is 3.66. The Morgan fingerprint density at radius 3 is 2.77 bits per heavy atom. The minimum absolute atomic E-state index is 0.202. The zero-order valence-corrected chi connectivity index (χ0v) is 12.7. The third-order valence-electron chi connectivity index (χ3n) is 4.91. The van der Waals surface area contributed by atoms with Gasteiger partial charge in [0.25, 0.3) is 0 Å². The van der Waals surface area contributed by atoms with Crippen LogP contribution >= 0.6 is 0 Å². The average molecular weight is 298 g/mol. The number of aliphatic hydroxyl groups is 1. The first-order valence-corrected chi connectivity index (χ1v) is 8.19. The van der Waals surface area contributed by atoms with Crippen LogP contribution in [0.2, 0.25) is 0 Å². The van der Waals surface area contributed by atoms with Crippen LogP contribution in [0.25, 0.3) is 10.9 Å². The van der Waals surface area contributed by atoms with Gasteiger partial charge in [0.1, 0.15) is 6.33 Å². The van der Waals surface area contributed by atoms with Crippen molar-refractivity contribution in [2.45, 2.75) is 31.3 Å². The van der Waals surface area contributed by atoms with E-state index in [1.807, 2.05) is 0 Å². The fourth-order valence-corrected chi connectivity index (χ4v) is 3.66. The average Bonchev–Trinajstić information content (AvgIpc) is 3.01. The molecule has 2 aliphatic rings. The van der Waals surface area contributed by atoms with Crippen LogP contribution in [0.3, 0.4) is 0 Å². The highest BCUT2D eigenvalue weighted by molar-refractivity contribution is 5.84. The van der Waals surface area contributed by atoms with Crippen molar-refractivity contribution in [1.29, 1.82) is 0 Å². The van der Waals surface area contributed by atoms with E-state index in [1.165, 1.54) is 11.1 Å². The molecule has 0 amide bonds. The highest BCUT2D eigenvalue weighted by Gasteiger charge is 2.22. The highest BCUT2D eigenvalue weighted by Crippen LogP contribution is 2.31. The summed E-state index contributed by atoms with van der Waals surface area (Å²) in [6.07, 6.45) is 4.63. The van der Waals surface area contributed by atoms with Gasteiger partial charge >= 0.3 is 0 Å². The molecule has 22 heavy (non-hydrogen) atoms. The van der Waals surface area contributed by atoms with Crippen molar-refractivity contribution in [3.63, 3.8) is 0 Å². The molecule has 5 nitrogen and oxygen atoms in total. The number of nitrogens with zero attached hydrogens (tertiary/aromatic N) is 3. The first-order valence-electron chi connectivity index (χ1n) is 8.19. The molecule has 116 valence electrons. The smallest absolute Gasteiger partial charge is 0.116 e. The molecule has 0 spiro atoms. The van der Waals surface area contributed by atoms with Crippen LogP contribution in [-0.2, 0) is 0 Å². The van der Waals surface area contributed by atoms with Gasteiger partial charge in [-0.05, 0) is 50.6 Å². The summed E-state index contributed by atoms with van der Waals surface area (Å²) in [7, 11) is 0. The number of hydrogen-bond acceptors (Lipinski definition) is 5. The van der Waals surface area contributed by atoms with Gasteiger partial charge in [-0.3, -0.25) is 0 Å². The Balaban J connectivity index is 1.69. The second kappa shape index (κ2) is 5.82. The molecule has 0 bridgehead atoms. The van der Waals surface area contributed by atoms with Gasteiger partial charge in [0.05, 0.1) is 17.3 Å². The predicted octanol–water partition coefficient (Wildman–Crippen LogP) is 1.67. The number of aliphatic hydroxyl groups excluding tert-OH is 1. The Kier molecular flexibility index (Phi) is 3.68. The van der Waals surface area contributed by atoms with Gasteiger partial charge in [-0.1, -0.05) is 0 Å². The number of aromatic nitrogens is 2. The number of anilines is 1. The molecule has 0 unspecified atom stereocenters. The lowest BCUT2D eigenvalue weighted by Gasteiger charge is -2.23. The molecule has 2 N–H and O–H groups in total. The summed E-state index contributed by atoms with van der Waals surface area (Å²) in [5.74, 6) is 0.534. The van der Waals surface area contributed by atoms with Gasteiger partial charge < -0.3 is 15.3 Å². The fraction of sp³-hybridized carbons (Fsp3) is 0.529. The van der Waals surface area contributed by atoms with Crippen molar-refractivity contribution < 1.29 is 5.11 Å². The van der Waals surface area contributed by atoms with E-state index in [0.717, 1.165) is 56.6 Å². The van der Waals surface area contributed by atoms with Crippen LogP contribution in [0.15, 0.2) is 24.5 Å². The van der Waals surface area contributed by atoms with Gasteiger partial charge in [0.15, 0.2) is 0 Å². The summed E-state index contributed by atoms with van der Waals surface area (Å²) in [5, 5.41) is 14.3. The van der Waals surface area contributed by atoms with E-state index in [1.54, 1.807) is 6.33 Å². The summed E-state index contributed by atoms with van der Waals surface area (Å²) < 4.78 is 0. The van der Waals surface area contributed by atoms with E-state index in [2.05, 4.69) is 38.4 Å². The molecule has 0 radical (unpaired) electrons. The van der Waals surface area contributed by atoms with Gasteiger partial charge in [-0.15, -0.1) is 0 Å². The lowest BCUT2D eigenvalue weighted by molar-refractivity contribution is 0.198. The van der Waals surface area contributed by atoms with E-state index in [-0.39, 0.29) is 6.10 Å². The molecular formula is C17H22N4O. The van der Waals surface area contributed by atoms with Gasteiger partial charge in [-0.2, -0.15) is 0 Å². The number of benzene rings is 1. The van der Waals surface area contributed by atoms with Crippen LogP contribution in [0.1, 0.15) is 30.9 Å². The largest absolute Gasteiger partial charge is 0.391 e. The molecule has 2 saturated heterocycles. The first-order chi connectivity index (χ1) is 10.8. The van der Waals surface area contributed by atoms with Crippen molar-refractivity contribution in [3.05, 3.63) is 30.2 Å². The minimum Gasteiger partial charge on any atom is -0.391 e. The summed E-state index contributed by atoms with van der Waals surface area (Å²) in [5.41, 5.74) is 3.36. The number of hydrogen-bond donors (Lipinski definition) is 2. The second-order valence-electron chi connectivity index (χ2n) is 6.37. The Morgan fingerprint density at radius 2 is 2.00 bits per heavy atom. The molecule has 1 aromatic heterocycles. The molecule has 0 aliphatic carbocycles. The number of β-amino-alcohol motifs (C(OH)–C–C–N with tert-alkyl or cyclic N) is 1. The molecule has 4 rings (SSSR count). The zero-order chi connectivity index (χ0) is 14.9. The highest BCUT2D eigenvalue weighted by atomic mass is 16.3. The molecule has 2 aliphatic heterocycles. The van der Waals surface area contributed by atoms with Crippen LogP contribution in [0, 0.1) is 0 Å². The Hall–Kier alpha value is -1.72. The maximum absolute atomic E-state index is 9.72. The third kappa shape index (κ3) is 2.55. The molecular weight excluding hydrogens is 276 g/mol. The maximum atomic E-state index is 9.72. The Bertz CT molecular complexity index is 669. The molecule has 3 heterocycles. The number of rotatable bonds is 2. The summed E-state index contributed by atoms with van der Waals surface area (Å²) in [4.78, 5) is 11.3. The maximum Gasteiger partial charge on any atom is 0.116 e. The van der Waals surface area contributed by atoms with Crippen LogP contribution in [0.4, 0.5) is 5.69 Å². The van der Waals surface area contributed by atoms with Gasteiger partial charge in [0, 0.05) is 30.1 Å². The van der Waals surface area contributed by atoms with Crippen molar-refractivity contribution in [1.82, 2.24) is 15.3 Å². The monoisotopic (exact) mass is 298 g/mol. The van der Waals surface area contributed by atoms with Gasteiger partial charge in [-0.25, -0.2) is 9.97 Å². The number of piperidine rings is 1. The normalized spacial score (nSPS) is 23.3. The molecule has 1 aromatic carbocycles. The van der Waals surface area contributed by atoms with E-state index in [4.69, 9.17) is 0 Å². The lowest BCUT2D eigenvalue weighted by Crippen LogP contribution is -2.27. The minimum atomic E-state index is -0.202. The van der Waals surface area contributed by atoms with Crippen LogP contribution < -0.4 is 10.2 Å². The topological polar surface area (TPSA) is 61.3 Å². The molecule has 0 saturated carbocycles. The summed E-state index contributed by atoms with van der Waals surface area (Å²) in [6.45, 7) is 3.77. The number of nitrogens with one attached hydrogen (secondary N) is 1. The first kappa shape index (κ1) is 13.9. The van der Waals surface area contributed by atoms with E-state index in [9.17, 15) is 5.11 Å². The summed E-state index contributed by atoms with van der Waals surface area (Å²) >= 11 is 0. The molecule has 5 heteroatoms. The van der Waals surface area contributed by atoms with E-state index < -0.39 is 0 Å². The van der Waals surface area contributed by atoms with E-state index >= 15 is 0 Å². The van der Waals surface area contributed by atoms with Gasteiger partial charge in [0.2, 0.25) is 0 Å². The quantitative estimate of drug-likeness (QED) is 0.883. The summed E-state index contributed by atoms with van der Waals surface area (Å²) in [6, 6.07) is 6.45. The van der Waals surface area contributed by atoms with Crippen molar-refractivity contribution in [3.8, 4) is 0 Å². The SMILES string of the molecule is O[C@H]1CCN(c2ccc3c(C4CCNCC4)ncnc3c2)C1. The standard InChI is InChI=1S/C17H22N4O/c22-14-5-8-21(10-14)13-1-2-15-16(9-13)19-11-20-17(15)12-3-6-18-7-4-12/h1-2,9,11-12,14,18,22H,3-8,10H2/t14-/m0/s1. The number of fused-ring (bicyclic) bond motifs is 1. The molecule has 2 fully saturated rings. The third-order valence-corrected chi connectivity index (χ3v) is 4.91. The van der Waals surface area contributed by atoms with Crippen molar-refractivity contribution in [2.75, 3.05) is 31.1 Å².